The Balaban J connectivity index is 1.91. The molecule has 0 saturated carbocycles. The summed E-state index contributed by atoms with van der Waals surface area (Å²) >= 11 is 0. The van der Waals surface area contributed by atoms with Crippen LogP contribution in [0.2, 0.25) is 0 Å². The molecule has 0 spiro atoms. The van der Waals surface area contributed by atoms with Crippen molar-refractivity contribution in [1.29, 1.82) is 0 Å². The minimum Gasteiger partial charge on any atom is -0.391 e. The van der Waals surface area contributed by atoms with E-state index in [1.807, 2.05) is 0 Å². The number of benzene rings is 1. The second-order valence-corrected chi connectivity index (χ2v) is 4.78. The zero-order valence-corrected chi connectivity index (χ0v) is 10.1. The zero-order valence-electron chi connectivity index (χ0n) is 10.1. The summed E-state index contributed by atoms with van der Waals surface area (Å²) in [4.78, 5) is 25.1. The number of rotatable bonds is 2. The first-order valence-corrected chi connectivity index (χ1v) is 6.17. The molecule has 1 aromatic carbocycles. The number of hydrogen-bond acceptors (Lipinski definition) is 5. The lowest BCUT2D eigenvalue weighted by Gasteiger charge is -2.28. The van der Waals surface area contributed by atoms with Crippen LogP contribution in [0.4, 0.5) is 0 Å². The fourth-order valence-electron chi connectivity index (χ4n) is 2.63. The van der Waals surface area contributed by atoms with E-state index < -0.39 is 30.2 Å². The number of fused-ring (bicyclic) bond motifs is 1. The Morgan fingerprint density at radius 2 is 1.79 bits per heavy atom. The molecule has 1 aromatic rings. The van der Waals surface area contributed by atoms with Crippen molar-refractivity contribution in [3.05, 3.63) is 35.4 Å². The third kappa shape index (κ3) is 1.76. The molecule has 19 heavy (non-hydrogen) atoms. The first-order chi connectivity index (χ1) is 9.11. The number of hydrogen-bond donors (Lipinski definition) is 3. The Hall–Kier alpha value is -1.76. The molecule has 3 N–H and O–H groups in total. The molecule has 1 fully saturated rings. The quantitative estimate of drug-likeness (QED) is 0.615. The predicted molar refractivity (Wildman–Crippen MR) is 65.4 cm³/mol. The molecule has 0 aromatic heterocycles. The van der Waals surface area contributed by atoms with Crippen LogP contribution >= 0.6 is 0 Å². The van der Waals surface area contributed by atoms with Crippen LogP contribution in [0.15, 0.2) is 24.3 Å². The van der Waals surface area contributed by atoms with Crippen LogP contribution in [0.25, 0.3) is 0 Å². The molecular formula is C13H14N2O4. The molecule has 2 aliphatic heterocycles. The minimum atomic E-state index is -1.36. The SMILES string of the molecule is O=C1c2ccccc2C(=O)N1C(O)[C@H]1NCCC1O. The van der Waals surface area contributed by atoms with E-state index in [0.717, 1.165) is 4.90 Å². The molecule has 2 heterocycles. The topological polar surface area (TPSA) is 89.9 Å². The second kappa shape index (κ2) is 4.41. The van der Waals surface area contributed by atoms with Crippen LogP contribution in [0.5, 0.6) is 0 Å². The van der Waals surface area contributed by atoms with E-state index in [-0.39, 0.29) is 0 Å². The smallest absolute Gasteiger partial charge is 0.263 e. The van der Waals surface area contributed by atoms with Gasteiger partial charge in [0.25, 0.3) is 11.8 Å². The molecular weight excluding hydrogens is 248 g/mol. The van der Waals surface area contributed by atoms with E-state index in [1.165, 1.54) is 0 Å². The van der Waals surface area contributed by atoms with Crippen molar-refractivity contribution in [1.82, 2.24) is 10.2 Å². The van der Waals surface area contributed by atoms with Crippen LogP contribution in [0.3, 0.4) is 0 Å². The Kier molecular flexibility index (Phi) is 2.85. The molecule has 0 radical (unpaired) electrons. The van der Waals surface area contributed by atoms with Gasteiger partial charge in [0, 0.05) is 0 Å². The van der Waals surface area contributed by atoms with Crippen molar-refractivity contribution < 1.29 is 19.8 Å². The van der Waals surface area contributed by atoms with Crippen LogP contribution < -0.4 is 5.32 Å². The second-order valence-electron chi connectivity index (χ2n) is 4.78. The number of aliphatic hydroxyl groups excluding tert-OH is 2. The molecule has 0 aliphatic carbocycles. The fraction of sp³-hybridized carbons (Fsp3) is 0.385. The molecule has 0 bridgehead atoms. The van der Waals surface area contributed by atoms with E-state index in [0.29, 0.717) is 24.1 Å². The van der Waals surface area contributed by atoms with Crippen LogP contribution in [0.1, 0.15) is 27.1 Å². The summed E-state index contributed by atoms with van der Waals surface area (Å²) in [7, 11) is 0. The summed E-state index contributed by atoms with van der Waals surface area (Å²) in [5.41, 5.74) is 0.582. The van der Waals surface area contributed by atoms with Crippen molar-refractivity contribution in [3.8, 4) is 0 Å². The molecule has 100 valence electrons. The van der Waals surface area contributed by atoms with E-state index in [2.05, 4.69) is 5.32 Å². The van der Waals surface area contributed by atoms with E-state index in [1.54, 1.807) is 24.3 Å². The number of carbonyl (C=O) groups is 2. The lowest BCUT2D eigenvalue weighted by atomic mass is 10.1. The number of imide groups is 1. The van der Waals surface area contributed by atoms with Gasteiger partial charge in [-0.2, -0.15) is 0 Å². The monoisotopic (exact) mass is 262 g/mol. The number of amides is 2. The van der Waals surface area contributed by atoms with Gasteiger partial charge in [-0.25, -0.2) is 4.90 Å². The van der Waals surface area contributed by atoms with Crippen molar-refractivity contribution in [2.75, 3.05) is 6.54 Å². The Morgan fingerprint density at radius 3 is 2.26 bits per heavy atom. The first-order valence-electron chi connectivity index (χ1n) is 6.17. The van der Waals surface area contributed by atoms with Crippen molar-refractivity contribution >= 4 is 11.8 Å². The van der Waals surface area contributed by atoms with Crippen molar-refractivity contribution in [2.45, 2.75) is 24.8 Å². The van der Waals surface area contributed by atoms with Crippen molar-refractivity contribution in [2.24, 2.45) is 0 Å². The van der Waals surface area contributed by atoms with Crippen LogP contribution in [0, 0.1) is 0 Å². The highest BCUT2D eigenvalue weighted by Crippen LogP contribution is 2.26. The first kappa shape index (κ1) is 12.3. The van der Waals surface area contributed by atoms with Gasteiger partial charge in [0.2, 0.25) is 0 Å². The van der Waals surface area contributed by atoms with Crippen molar-refractivity contribution in [3.63, 3.8) is 0 Å². The third-order valence-corrected chi connectivity index (χ3v) is 3.65. The summed E-state index contributed by atoms with van der Waals surface area (Å²) in [5.74, 6) is -1.04. The van der Waals surface area contributed by atoms with Gasteiger partial charge >= 0.3 is 0 Å². The zero-order chi connectivity index (χ0) is 13.6. The molecule has 2 amide bonds. The predicted octanol–water partition coefficient (Wildman–Crippen LogP) is -0.676. The van der Waals surface area contributed by atoms with Gasteiger partial charge in [0.1, 0.15) is 0 Å². The number of nitrogens with one attached hydrogen (secondary N) is 1. The molecule has 3 atom stereocenters. The van der Waals surface area contributed by atoms with Gasteiger partial charge in [-0.3, -0.25) is 9.59 Å². The third-order valence-electron chi connectivity index (χ3n) is 3.65. The molecule has 6 heteroatoms. The van der Waals surface area contributed by atoms with Crippen LogP contribution in [-0.4, -0.2) is 51.8 Å². The summed E-state index contributed by atoms with van der Waals surface area (Å²) in [6, 6.07) is 5.76. The maximum Gasteiger partial charge on any atom is 0.263 e. The highest BCUT2D eigenvalue weighted by atomic mass is 16.3. The van der Waals surface area contributed by atoms with Gasteiger partial charge in [-0.1, -0.05) is 12.1 Å². The van der Waals surface area contributed by atoms with Gasteiger partial charge in [0.05, 0.1) is 23.3 Å². The summed E-state index contributed by atoms with van der Waals surface area (Å²) in [6.07, 6.45) is -1.63. The Bertz CT molecular complexity index is 510. The highest BCUT2D eigenvalue weighted by Gasteiger charge is 2.44. The number of nitrogens with zero attached hydrogens (tertiary/aromatic N) is 1. The minimum absolute atomic E-state index is 0.291. The highest BCUT2D eigenvalue weighted by molar-refractivity contribution is 6.21. The number of carbonyl (C=O) groups excluding carboxylic acids is 2. The summed E-state index contributed by atoms with van der Waals surface area (Å²) in [6.45, 7) is 0.548. The lowest BCUT2D eigenvalue weighted by molar-refractivity contribution is -0.0215. The largest absolute Gasteiger partial charge is 0.391 e. The number of aliphatic hydroxyl groups is 2. The van der Waals surface area contributed by atoms with Gasteiger partial charge in [0.15, 0.2) is 6.23 Å². The maximum absolute atomic E-state index is 12.1. The average Bonchev–Trinajstić information content (AvgIpc) is 2.94. The summed E-state index contributed by atoms with van der Waals surface area (Å²) < 4.78 is 0. The van der Waals surface area contributed by atoms with E-state index in [9.17, 15) is 19.8 Å². The fourth-order valence-corrected chi connectivity index (χ4v) is 2.63. The maximum atomic E-state index is 12.1. The standard InChI is InChI=1S/C13H14N2O4/c16-9-5-6-14-10(9)13(19)15-11(17)7-3-1-2-4-8(7)12(15)18/h1-4,9-10,13-14,16,19H,5-6H2/t9?,10-,13?/m0/s1. The Morgan fingerprint density at radius 1 is 1.21 bits per heavy atom. The van der Waals surface area contributed by atoms with Crippen LogP contribution in [-0.2, 0) is 0 Å². The molecule has 3 rings (SSSR count). The molecule has 6 nitrogen and oxygen atoms in total. The molecule has 2 aliphatic rings. The molecule has 2 unspecified atom stereocenters. The van der Waals surface area contributed by atoms with Gasteiger partial charge in [-0.05, 0) is 25.1 Å². The normalized spacial score (nSPS) is 27.8. The van der Waals surface area contributed by atoms with Gasteiger partial charge in [-0.15, -0.1) is 0 Å². The average molecular weight is 262 g/mol. The van der Waals surface area contributed by atoms with E-state index >= 15 is 0 Å². The van der Waals surface area contributed by atoms with Gasteiger partial charge < -0.3 is 15.5 Å². The lowest BCUT2D eigenvalue weighted by Crippen LogP contribution is -2.53. The summed E-state index contributed by atoms with van der Waals surface area (Å²) in [5, 5.41) is 22.8. The van der Waals surface area contributed by atoms with E-state index in [4.69, 9.17) is 0 Å². The Labute approximate surface area is 109 Å². The molecule has 1 saturated heterocycles.